The fraction of sp³-hybridized carbons (Fsp3) is 0.333. The van der Waals surface area contributed by atoms with Gasteiger partial charge < -0.3 is 9.80 Å². The maximum absolute atomic E-state index is 2.85. The number of fused-ring (bicyclic) bond motifs is 6. The maximum Gasteiger partial charge on any atom is 0.0548 e. The predicted molar refractivity (Wildman–Crippen MR) is 183 cm³/mol. The smallest absolute Gasteiger partial charge is 0.0548 e. The largest absolute Gasteiger partial charge is 0.364 e. The van der Waals surface area contributed by atoms with Gasteiger partial charge >= 0.3 is 0 Å². The molecule has 0 bridgehead atoms. The van der Waals surface area contributed by atoms with E-state index in [9.17, 15) is 0 Å². The zero-order valence-electron chi connectivity index (χ0n) is 25.4. The highest BCUT2D eigenvalue weighted by Gasteiger charge is 2.53. The summed E-state index contributed by atoms with van der Waals surface area (Å²) in [6.45, 7) is 0. The summed E-state index contributed by atoms with van der Waals surface area (Å²) in [5.74, 6) is 2.70. The van der Waals surface area contributed by atoms with Gasteiger partial charge in [-0.2, -0.15) is 0 Å². The molecule has 5 aliphatic carbocycles. The summed E-state index contributed by atoms with van der Waals surface area (Å²) in [6.07, 6.45) is 40.4. The molecule has 0 radical (unpaired) electrons. The van der Waals surface area contributed by atoms with Crippen LogP contribution in [0.4, 0.5) is 5.69 Å². The molecule has 0 amide bonds. The first-order valence-electron chi connectivity index (χ1n) is 17.0. The van der Waals surface area contributed by atoms with Crippen LogP contribution in [0.1, 0.15) is 32.1 Å². The number of benzene rings is 2. The van der Waals surface area contributed by atoms with Crippen molar-refractivity contribution in [3.05, 3.63) is 151 Å². The highest BCUT2D eigenvalue weighted by molar-refractivity contribution is 5.70. The minimum Gasteiger partial charge on any atom is -0.364 e. The molecule has 2 heteroatoms. The van der Waals surface area contributed by atoms with E-state index in [2.05, 4.69) is 149 Å². The Bertz CT molecular complexity index is 1660. The molecule has 2 heterocycles. The van der Waals surface area contributed by atoms with E-state index in [0.717, 1.165) is 19.3 Å². The van der Waals surface area contributed by atoms with E-state index in [1.807, 2.05) is 0 Å². The molecule has 9 atom stereocenters. The SMILES string of the molecule is C1=CCCC(N2C3C=CC=CC3C3C=CCC(C4=CC5C6C=CCCC6N(c6cccc(-c7ccccc7)c6)C5C=C4)C32)=C1. The molecule has 0 aromatic heterocycles. The Hall–Kier alpha value is -4.04. The Labute approximate surface area is 262 Å². The fourth-order valence-electron chi connectivity index (χ4n) is 9.80. The van der Waals surface area contributed by atoms with E-state index < -0.39 is 0 Å². The molecule has 7 aliphatic rings. The van der Waals surface area contributed by atoms with Crippen LogP contribution < -0.4 is 4.90 Å². The third-order valence-corrected chi connectivity index (χ3v) is 11.6. The van der Waals surface area contributed by atoms with Gasteiger partial charge in [0.2, 0.25) is 0 Å². The summed E-state index contributed by atoms with van der Waals surface area (Å²) in [5, 5.41) is 0. The van der Waals surface area contributed by atoms with Crippen molar-refractivity contribution in [2.75, 3.05) is 4.90 Å². The molecule has 9 unspecified atom stereocenters. The van der Waals surface area contributed by atoms with Crippen molar-refractivity contribution in [1.29, 1.82) is 0 Å². The fourth-order valence-corrected chi connectivity index (χ4v) is 9.80. The van der Waals surface area contributed by atoms with Crippen LogP contribution in [0.5, 0.6) is 0 Å². The molecule has 0 N–H and O–H groups in total. The number of anilines is 1. The van der Waals surface area contributed by atoms with Crippen molar-refractivity contribution in [1.82, 2.24) is 4.90 Å². The van der Waals surface area contributed by atoms with Crippen molar-refractivity contribution in [2.24, 2.45) is 29.6 Å². The maximum atomic E-state index is 2.85. The molecule has 220 valence electrons. The molecule has 9 rings (SSSR count). The highest BCUT2D eigenvalue weighted by Crippen LogP contribution is 2.52. The lowest BCUT2D eigenvalue weighted by molar-refractivity contribution is 0.201. The molecule has 2 aliphatic heterocycles. The van der Waals surface area contributed by atoms with Gasteiger partial charge in [-0.05, 0) is 67.0 Å². The van der Waals surface area contributed by atoms with Crippen LogP contribution in [0, 0.1) is 29.6 Å². The second-order valence-corrected chi connectivity index (χ2v) is 13.8. The Morgan fingerprint density at radius 3 is 2.41 bits per heavy atom. The topological polar surface area (TPSA) is 6.48 Å². The van der Waals surface area contributed by atoms with Crippen LogP contribution >= 0.6 is 0 Å². The summed E-state index contributed by atoms with van der Waals surface area (Å²) in [7, 11) is 0. The zero-order chi connectivity index (χ0) is 29.0. The van der Waals surface area contributed by atoms with E-state index in [0.29, 0.717) is 53.8 Å². The number of allylic oxidation sites excluding steroid dienone is 9. The quantitative estimate of drug-likeness (QED) is 0.336. The Kier molecular flexibility index (Phi) is 6.50. The zero-order valence-corrected chi connectivity index (χ0v) is 25.4. The van der Waals surface area contributed by atoms with Crippen LogP contribution in [-0.4, -0.2) is 29.1 Å². The standard InChI is InChI=1S/C42H42N2/c1-3-13-29(14-4-1)30-15-11-18-33(27-30)43-39-23-9-8-20-36(39)38-28-31(25-26-41(38)43)34-21-12-22-37-35-19-7-10-24-40(35)44(42(34)37)32-16-5-2-6-17-32/h1-5,7-8,10-16,18-20,22,24-28,34-42H,6,9,17,21,23H2. The first-order valence-corrected chi connectivity index (χ1v) is 17.0. The van der Waals surface area contributed by atoms with Crippen molar-refractivity contribution in [2.45, 2.75) is 56.3 Å². The van der Waals surface area contributed by atoms with E-state index >= 15 is 0 Å². The molecule has 2 aromatic rings. The van der Waals surface area contributed by atoms with E-state index in [-0.39, 0.29) is 0 Å². The van der Waals surface area contributed by atoms with Crippen LogP contribution in [0.2, 0.25) is 0 Å². The molecular formula is C42H42N2. The van der Waals surface area contributed by atoms with Crippen molar-refractivity contribution < 1.29 is 0 Å². The Morgan fingerprint density at radius 2 is 1.50 bits per heavy atom. The van der Waals surface area contributed by atoms with Gasteiger partial charge in [0.25, 0.3) is 0 Å². The van der Waals surface area contributed by atoms with Gasteiger partial charge in [0.15, 0.2) is 0 Å². The second kappa shape index (κ2) is 10.8. The van der Waals surface area contributed by atoms with Crippen molar-refractivity contribution >= 4 is 5.69 Å². The molecule has 0 spiro atoms. The second-order valence-electron chi connectivity index (χ2n) is 13.8. The van der Waals surface area contributed by atoms with Gasteiger partial charge in [-0.1, -0.05) is 121 Å². The number of hydrogen-bond donors (Lipinski definition) is 0. The molecule has 2 nitrogen and oxygen atoms in total. The Balaban J connectivity index is 1.08. The van der Waals surface area contributed by atoms with Gasteiger partial charge in [-0.15, -0.1) is 0 Å². The van der Waals surface area contributed by atoms with E-state index in [4.69, 9.17) is 0 Å². The predicted octanol–water partition coefficient (Wildman–Crippen LogP) is 9.21. The summed E-state index contributed by atoms with van der Waals surface area (Å²) >= 11 is 0. The molecule has 2 fully saturated rings. The monoisotopic (exact) mass is 574 g/mol. The normalized spacial score (nSPS) is 36.0. The highest BCUT2D eigenvalue weighted by atomic mass is 15.2. The van der Waals surface area contributed by atoms with Gasteiger partial charge in [-0.25, -0.2) is 0 Å². The number of nitrogens with zero attached hydrogens (tertiary/aromatic N) is 2. The summed E-state index contributed by atoms with van der Waals surface area (Å²) in [4.78, 5) is 5.64. The minimum absolute atomic E-state index is 0.400. The summed E-state index contributed by atoms with van der Waals surface area (Å²) < 4.78 is 0. The number of rotatable bonds is 4. The molecule has 2 aromatic carbocycles. The summed E-state index contributed by atoms with van der Waals surface area (Å²) in [5.41, 5.74) is 7.08. The third-order valence-electron chi connectivity index (χ3n) is 11.6. The van der Waals surface area contributed by atoms with Gasteiger partial charge in [0, 0.05) is 53.1 Å². The van der Waals surface area contributed by atoms with Crippen LogP contribution in [0.15, 0.2) is 151 Å². The molecule has 2 saturated heterocycles. The van der Waals surface area contributed by atoms with Crippen LogP contribution in [0.25, 0.3) is 11.1 Å². The average Bonchev–Trinajstić information content (AvgIpc) is 3.62. The lowest BCUT2D eigenvalue weighted by Crippen LogP contribution is -2.43. The average molecular weight is 575 g/mol. The first kappa shape index (κ1) is 26.4. The lowest BCUT2D eigenvalue weighted by Gasteiger charge is -2.42. The van der Waals surface area contributed by atoms with Crippen molar-refractivity contribution in [3.63, 3.8) is 0 Å². The van der Waals surface area contributed by atoms with Crippen LogP contribution in [-0.2, 0) is 0 Å². The molecular weight excluding hydrogens is 532 g/mol. The first-order chi connectivity index (χ1) is 21.8. The summed E-state index contributed by atoms with van der Waals surface area (Å²) in [6, 6.07) is 22.1. The van der Waals surface area contributed by atoms with Gasteiger partial charge in [-0.3, -0.25) is 0 Å². The van der Waals surface area contributed by atoms with E-state index in [1.165, 1.54) is 35.4 Å². The van der Waals surface area contributed by atoms with Crippen LogP contribution in [0.3, 0.4) is 0 Å². The Morgan fingerprint density at radius 1 is 0.636 bits per heavy atom. The molecule has 0 saturated carbocycles. The number of likely N-dealkylation sites (tertiary alicyclic amines) is 1. The van der Waals surface area contributed by atoms with Gasteiger partial charge in [0.1, 0.15) is 0 Å². The molecule has 44 heavy (non-hydrogen) atoms. The minimum atomic E-state index is 0.400. The third kappa shape index (κ3) is 4.21. The van der Waals surface area contributed by atoms with E-state index in [1.54, 1.807) is 5.57 Å². The number of hydrogen-bond acceptors (Lipinski definition) is 2. The lowest BCUT2D eigenvalue weighted by atomic mass is 9.71. The van der Waals surface area contributed by atoms with Gasteiger partial charge in [0.05, 0.1) is 12.1 Å². The van der Waals surface area contributed by atoms with Crippen molar-refractivity contribution in [3.8, 4) is 11.1 Å².